The van der Waals surface area contributed by atoms with Crippen LogP contribution in [-0.4, -0.2) is 23.0 Å². The van der Waals surface area contributed by atoms with E-state index in [9.17, 15) is 4.79 Å². The molecule has 250 valence electrons. The molecule has 0 radical (unpaired) electrons. The SMILES string of the molecule is C.C.C.C.C.C.C=CCC.CCC(C)c1ccc(O)cc1.CCC(C)c1ccc(OC(=O)OC(C)(C)C)cc1.O=C=O.[2HH].[H+].[H+]. The third-order valence-electron chi connectivity index (χ3n) is 5.02. The van der Waals surface area contributed by atoms with Crippen LogP contribution in [0.15, 0.2) is 61.2 Å². The Morgan fingerprint density at radius 3 is 1.43 bits per heavy atom. The van der Waals surface area contributed by atoms with Gasteiger partial charge >= 0.3 is 15.2 Å². The van der Waals surface area contributed by atoms with Crippen molar-refractivity contribution in [3.63, 3.8) is 0 Å². The largest absolute Gasteiger partial charge is 1.00 e. The third-order valence-corrected chi connectivity index (χ3v) is 5.02. The number of allylic oxidation sites excluding steroid dienone is 1. The van der Waals surface area contributed by atoms with Crippen molar-refractivity contribution in [3.8, 4) is 11.5 Å². The first-order chi connectivity index (χ1) is 16.9. The smallest absolute Gasteiger partial charge is 0.508 e. The number of hydrogen-bond acceptors (Lipinski definition) is 6. The maximum absolute atomic E-state index is 11.5. The van der Waals surface area contributed by atoms with E-state index >= 15 is 0 Å². The number of carbonyl (C=O) groups excluding carboxylic acids is 3. The Balaban J connectivity index is -0.0000000420. The number of rotatable bonds is 6. The number of ether oxygens (including phenoxy) is 2. The average molecular weight is 602 g/mol. The van der Waals surface area contributed by atoms with Crippen molar-refractivity contribution in [1.82, 2.24) is 0 Å². The monoisotopic (exact) mass is 602 g/mol. The van der Waals surface area contributed by atoms with Crippen LogP contribution in [-0.2, 0) is 14.3 Å². The Hall–Kier alpha value is -3.37. The van der Waals surface area contributed by atoms with Gasteiger partial charge in [-0.2, -0.15) is 9.59 Å². The maximum atomic E-state index is 11.5. The zero-order valence-corrected chi connectivity index (χ0v) is 23.2. The summed E-state index contributed by atoms with van der Waals surface area (Å²) in [7, 11) is 0. The molecule has 0 aliphatic heterocycles. The summed E-state index contributed by atoms with van der Waals surface area (Å²) in [5.41, 5.74) is 2.01. The summed E-state index contributed by atoms with van der Waals surface area (Å²) in [6, 6.07) is 15.0. The highest BCUT2D eigenvalue weighted by Crippen LogP contribution is 2.22. The minimum absolute atomic E-state index is 0. The molecule has 0 spiro atoms. The highest BCUT2D eigenvalue weighted by atomic mass is 16.7. The molecule has 2 rings (SSSR count). The van der Waals surface area contributed by atoms with Crippen LogP contribution in [0.5, 0.6) is 11.5 Å². The van der Waals surface area contributed by atoms with E-state index in [-0.39, 0.29) is 55.0 Å². The van der Waals surface area contributed by atoms with Crippen molar-refractivity contribution in [1.29, 1.82) is 0 Å². The van der Waals surface area contributed by atoms with Crippen molar-refractivity contribution in [2.24, 2.45) is 0 Å². The zero-order valence-electron chi connectivity index (χ0n) is 25.2. The second kappa shape index (κ2) is 33.8. The maximum Gasteiger partial charge on any atom is 1.00 e. The normalized spacial score (nSPS) is 9.71. The first kappa shape index (κ1) is 58.3. The molecular weight excluding hydrogens is 528 g/mol. The summed E-state index contributed by atoms with van der Waals surface area (Å²) in [6.45, 7) is 19.6. The van der Waals surface area contributed by atoms with Crippen molar-refractivity contribution in [2.75, 3.05) is 0 Å². The number of hydrogen-bond donors (Lipinski definition) is 1. The van der Waals surface area contributed by atoms with E-state index in [0.29, 0.717) is 23.3 Å². The lowest BCUT2D eigenvalue weighted by Crippen LogP contribution is -2.25. The number of aromatic hydroxyl groups is 1. The second-order valence-corrected chi connectivity index (χ2v) is 9.13. The van der Waals surface area contributed by atoms with Crippen LogP contribution in [0, 0.1) is 0 Å². The second-order valence-electron chi connectivity index (χ2n) is 9.13. The molecule has 0 saturated heterocycles. The molecule has 6 heteroatoms. The molecule has 2 aromatic rings. The van der Waals surface area contributed by atoms with Gasteiger partial charge in [-0.15, -0.1) is 6.58 Å². The van der Waals surface area contributed by atoms with Gasteiger partial charge in [0.05, 0.1) is 0 Å². The first-order valence-corrected chi connectivity index (χ1v) is 12.3. The molecule has 1 N–H and O–H groups in total. The van der Waals surface area contributed by atoms with Crippen LogP contribution in [0.2, 0.25) is 0 Å². The summed E-state index contributed by atoms with van der Waals surface area (Å²) >= 11 is 0. The minimum atomic E-state index is -0.668. The van der Waals surface area contributed by atoms with Gasteiger partial charge < -0.3 is 14.6 Å². The first-order valence-electron chi connectivity index (χ1n) is 12.3. The number of carbonyl (C=O) groups is 1. The van der Waals surface area contributed by atoms with Gasteiger partial charge in [-0.1, -0.05) is 110 Å². The Labute approximate surface area is 266 Å². The van der Waals surface area contributed by atoms with Crippen molar-refractivity contribution >= 4 is 12.3 Å². The molecule has 0 aliphatic carbocycles. The number of phenolic OH excluding ortho intramolecular Hbond substituents is 1. The van der Waals surface area contributed by atoms with Gasteiger partial charge in [0.2, 0.25) is 0 Å². The summed E-state index contributed by atoms with van der Waals surface area (Å²) in [5.74, 6) is 1.96. The van der Waals surface area contributed by atoms with E-state index in [1.807, 2.05) is 30.3 Å². The van der Waals surface area contributed by atoms with Gasteiger partial charge in [0.25, 0.3) is 0 Å². The molecule has 0 saturated carbocycles. The number of phenols is 1. The van der Waals surface area contributed by atoms with Crippen molar-refractivity contribution in [2.45, 2.75) is 137 Å². The van der Waals surface area contributed by atoms with E-state index in [1.165, 1.54) is 11.1 Å². The molecule has 2 atom stereocenters. The molecule has 42 heavy (non-hydrogen) atoms. The standard InChI is InChI=1S/C15H22O3.C10H14O.C4H8.CO2.6CH4.H2/c1-6-11(2)12-7-9-13(10-8-12)17-14(16)18-15(3,4)5;1-3-8(2)9-4-6-10(11)7-5-9;1-3-4-2;2-1-3;;;;;;;/h7-11H,6H2,1-5H3;4-8,11H,3H2,1-2H3;3H,1,4H2,2H3;;6*1H4;1H/p+2/i;;;;;;;;;;1+1. The molecule has 0 heterocycles. The molecule has 0 bridgehead atoms. The predicted octanol–water partition coefficient (Wildman–Crippen LogP) is 12.7. The fourth-order valence-corrected chi connectivity index (χ4v) is 2.51. The third kappa shape index (κ3) is 31.2. The van der Waals surface area contributed by atoms with Crippen LogP contribution in [0.4, 0.5) is 4.79 Å². The summed E-state index contributed by atoms with van der Waals surface area (Å²) < 4.78 is 10.2. The highest BCUT2D eigenvalue weighted by Gasteiger charge is 2.18. The van der Waals surface area contributed by atoms with E-state index in [4.69, 9.17) is 24.2 Å². The molecule has 0 amide bonds. The van der Waals surface area contributed by atoms with Gasteiger partial charge in [0, 0.05) is 1.43 Å². The Morgan fingerprint density at radius 1 is 0.857 bits per heavy atom. The van der Waals surface area contributed by atoms with Gasteiger partial charge in [0.15, 0.2) is 0 Å². The Kier molecular flexibility index (Phi) is 47.0. The van der Waals surface area contributed by atoms with E-state index in [0.717, 1.165) is 19.3 Å². The average Bonchev–Trinajstić information content (AvgIpc) is 2.84. The van der Waals surface area contributed by atoms with Gasteiger partial charge in [-0.05, 0) is 87.3 Å². The topological polar surface area (TPSA) is 89.9 Å². The van der Waals surface area contributed by atoms with Crippen LogP contribution in [0.1, 0.15) is 146 Å². The molecule has 2 aromatic carbocycles. The molecule has 0 aliphatic rings. The fourth-order valence-electron chi connectivity index (χ4n) is 2.51. The van der Waals surface area contributed by atoms with E-state index in [1.54, 1.807) is 45.0 Å². The summed E-state index contributed by atoms with van der Waals surface area (Å²) in [4.78, 5) is 27.7. The summed E-state index contributed by atoms with van der Waals surface area (Å²) in [5, 5.41) is 9.01. The lowest BCUT2D eigenvalue weighted by atomic mass is 9.99. The Bertz CT molecular complexity index is 891. The van der Waals surface area contributed by atoms with Crippen molar-refractivity contribution < 1.29 is 33.2 Å². The van der Waals surface area contributed by atoms with Crippen LogP contribution in [0.25, 0.3) is 0 Å². The van der Waals surface area contributed by atoms with Gasteiger partial charge in [-0.3, -0.25) is 0 Å². The predicted molar refractivity (Wildman–Crippen MR) is 189 cm³/mol. The lowest BCUT2D eigenvalue weighted by molar-refractivity contribution is -0.191. The molecule has 2 unspecified atom stereocenters. The van der Waals surface area contributed by atoms with Gasteiger partial charge in [-0.25, -0.2) is 4.79 Å². The van der Waals surface area contributed by atoms with E-state index < -0.39 is 11.8 Å². The minimum Gasteiger partial charge on any atom is -0.508 e. The van der Waals surface area contributed by atoms with Crippen LogP contribution < -0.4 is 4.74 Å². The van der Waals surface area contributed by atoms with Crippen molar-refractivity contribution in [3.05, 3.63) is 72.3 Å². The molecule has 0 fully saturated rings. The van der Waals surface area contributed by atoms with Gasteiger partial charge in [0.1, 0.15) is 17.1 Å². The van der Waals surface area contributed by atoms with E-state index in [2.05, 4.69) is 41.2 Å². The quantitative estimate of drug-likeness (QED) is 0.201. The Morgan fingerprint density at radius 2 is 1.17 bits per heavy atom. The molecule has 0 aromatic heterocycles. The molecule has 6 nitrogen and oxygen atoms in total. The highest BCUT2D eigenvalue weighted by molar-refractivity contribution is 5.64. The fraction of sp³-hybridized carbons (Fsp3) is 0.556. The molecular formula is C36H72O6+2. The van der Waals surface area contributed by atoms with Crippen LogP contribution >= 0.6 is 0 Å². The van der Waals surface area contributed by atoms with Crippen LogP contribution in [0.3, 0.4) is 0 Å². The lowest BCUT2D eigenvalue weighted by Gasteiger charge is -2.18. The summed E-state index contributed by atoms with van der Waals surface area (Å²) in [6.07, 6.45) is 4.77. The zero-order chi connectivity index (χ0) is 28.1. The number of benzene rings is 2.